The summed E-state index contributed by atoms with van der Waals surface area (Å²) in [4.78, 5) is 26.5. The lowest BCUT2D eigenvalue weighted by Gasteiger charge is -2.23. The Labute approximate surface area is 142 Å². The van der Waals surface area contributed by atoms with Gasteiger partial charge in [0.15, 0.2) is 0 Å². The number of amides is 2. The lowest BCUT2D eigenvalue weighted by atomic mass is 9.97. The van der Waals surface area contributed by atoms with Crippen molar-refractivity contribution in [2.75, 3.05) is 19.6 Å². The molecule has 0 unspecified atom stereocenters. The van der Waals surface area contributed by atoms with Crippen LogP contribution >= 0.6 is 11.3 Å². The van der Waals surface area contributed by atoms with E-state index in [0.29, 0.717) is 19.5 Å². The van der Waals surface area contributed by atoms with Crippen LogP contribution in [0, 0.1) is 0 Å². The van der Waals surface area contributed by atoms with E-state index < -0.39 is 0 Å². The van der Waals surface area contributed by atoms with Crippen molar-refractivity contribution in [3.63, 3.8) is 0 Å². The Balaban J connectivity index is 1.68. The minimum Gasteiger partial charge on any atom is -0.354 e. The van der Waals surface area contributed by atoms with E-state index in [0.717, 1.165) is 17.8 Å². The second-order valence-corrected chi connectivity index (χ2v) is 7.00. The fourth-order valence-corrected chi connectivity index (χ4v) is 3.50. The van der Waals surface area contributed by atoms with Crippen LogP contribution < -0.4 is 5.32 Å². The van der Waals surface area contributed by atoms with Gasteiger partial charge in [-0.1, -0.05) is 17.7 Å². The molecule has 0 spiro atoms. The van der Waals surface area contributed by atoms with Crippen LogP contribution in [0.4, 0.5) is 0 Å². The first-order valence-corrected chi connectivity index (χ1v) is 9.25. The lowest BCUT2D eigenvalue weighted by Crippen LogP contribution is -2.38. The summed E-state index contributed by atoms with van der Waals surface area (Å²) in [6.07, 6.45) is 8.61. The summed E-state index contributed by atoms with van der Waals surface area (Å²) in [5.41, 5.74) is 1.48. The number of carbonyl (C=O) groups excluding carboxylic acids is 2. The maximum Gasteiger partial charge on any atom is 0.225 e. The van der Waals surface area contributed by atoms with E-state index in [1.54, 1.807) is 18.3 Å². The molecular formula is C18H26N2O2S. The maximum absolute atomic E-state index is 11.8. The highest BCUT2D eigenvalue weighted by atomic mass is 32.1. The topological polar surface area (TPSA) is 49.4 Å². The molecule has 0 radical (unpaired) electrons. The fourth-order valence-electron chi connectivity index (χ4n) is 2.80. The van der Waals surface area contributed by atoms with Gasteiger partial charge in [0.25, 0.3) is 0 Å². The number of nitrogens with zero attached hydrogens (tertiary/aromatic N) is 1. The van der Waals surface area contributed by atoms with Crippen molar-refractivity contribution in [2.45, 2.75) is 45.4 Å². The molecule has 1 heterocycles. The summed E-state index contributed by atoms with van der Waals surface area (Å²) < 4.78 is 0. The van der Waals surface area contributed by atoms with E-state index in [1.807, 2.05) is 22.4 Å². The molecule has 1 N–H and O–H groups in total. The van der Waals surface area contributed by atoms with Gasteiger partial charge in [-0.3, -0.25) is 9.59 Å². The number of allylic oxidation sites excluding steroid dienone is 1. The molecule has 0 aliphatic heterocycles. The Hall–Kier alpha value is -1.62. The van der Waals surface area contributed by atoms with Gasteiger partial charge in [0.2, 0.25) is 11.8 Å². The first-order chi connectivity index (χ1) is 11.1. The molecule has 1 aromatic rings. The second-order valence-electron chi connectivity index (χ2n) is 5.97. The van der Waals surface area contributed by atoms with E-state index in [9.17, 15) is 9.59 Å². The van der Waals surface area contributed by atoms with Gasteiger partial charge in [-0.15, -0.1) is 11.3 Å². The van der Waals surface area contributed by atoms with Gasteiger partial charge in [-0.25, -0.2) is 0 Å². The molecule has 1 aliphatic rings. The smallest absolute Gasteiger partial charge is 0.225 e. The Morgan fingerprint density at radius 1 is 1.30 bits per heavy atom. The zero-order valence-corrected chi connectivity index (χ0v) is 14.7. The summed E-state index contributed by atoms with van der Waals surface area (Å²) in [7, 11) is 0. The van der Waals surface area contributed by atoms with Gasteiger partial charge in [-0.05, 0) is 43.6 Å². The number of thiophene rings is 1. The van der Waals surface area contributed by atoms with Gasteiger partial charge < -0.3 is 10.2 Å². The van der Waals surface area contributed by atoms with Crippen molar-refractivity contribution in [2.24, 2.45) is 0 Å². The maximum atomic E-state index is 11.8. The van der Waals surface area contributed by atoms with Crippen molar-refractivity contribution in [1.82, 2.24) is 10.2 Å². The number of hydrogen-bond donors (Lipinski definition) is 1. The van der Waals surface area contributed by atoms with Crippen LogP contribution in [0.1, 0.15) is 43.9 Å². The third kappa shape index (κ3) is 6.57. The van der Waals surface area contributed by atoms with E-state index in [-0.39, 0.29) is 11.8 Å². The molecule has 0 aromatic carbocycles. The van der Waals surface area contributed by atoms with Crippen molar-refractivity contribution in [3.05, 3.63) is 34.0 Å². The lowest BCUT2D eigenvalue weighted by molar-refractivity contribution is -0.129. The molecule has 1 aromatic heterocycles. The molecule has 0 saturated heterocycles. The van der Waals surface area contributed by atoms with Gasteiger partial charge in [-0.2, -0.15) is 0 Å². The molecule has 2 amide bonds. The van der Waals surface area contributed by atoms with Crippen LogP contribution in [0.2, 0.25) is 0 Å². The zero-order chi connectivity index (χ0) is 16.5. The quantitative estimate of drug-likeness (QED) is 0.743. The van der Waals surface area contributed by atoms with E-state index in [2.05, 4.69) is 11.4 Å². The largest absolute Gasteiger partial charge is 0.354 e. The summed E-state index contributed by atoms with van der Waals surface area (Å²) in [6, 6.07) is 3.91. The molecule has 1 aliphatic carbocycles. The number of nitrogens with one attached hydrogen (secondary N) is 1. The van der Waals surface area contributed by atoms with Crippen molar-refractivity contribution < 1.29 is 9.59 Å². The number of hydrogen-bond acceptors (Lipinski definition) is 3. The minimum atomic E-state index is 0.0194. The summed E-state index contributed by atoms with van der Waals surface area (Å²) in [5, 5.41) is 4.88. The Bertz CT molecular complexity index is 537. The van der Waals surface area contributed by atoms with Crippen LogP contribution in [0.5, 0.6) is 0 Å². The van der Waals surface area contributed by atoms with Gasteiger partial charge in [0.05, 0.1) is 6.42 Å². The van der Waals surface area contributed by atoms with Gasteiger partial charge in [0.1, 0.15) is 0 Å². The standard InChI is InChI=1S/C18H26N2O2S/c1-15(21)20(11-9-16-6-3-2-4-7-16)12-10-19-18(22)14-17-8-5-13-23-17/h5-6,8,13H,2-4,7,9-12,14H2,1H3,(H,19,22). The Kier molecular flexibility index (Phi) is 7.33. The molecule has 5 heteroatoms. The van der Waals surface area contributed by atoms with Crippen LogP contribution in [0.3, 0.4) is 0 Å². The number of rotatable bonds is 8. The van der Waals surface area contributed by atoms with E-state index >= 15 is 0 Å². The van der Waals surface area contributed by atoms with E-state index in [4.69, 9.17) is 0 Å². The van der Waals surface area contributed by atoms with Crippen LogP contribution in [0.15, 0.2) is 29.2 Å². The van der Waals surface area contributed by atoms with Crippen molar-refractivity contribution in [3.8, 4) is 0 Å². The molecule has 126 valence electrons. The van der Waals surface area contributed by atoms with Crippen LogP contribution in [0.25, 0.3) is 0 Å². The SMILES string of the molecule is CC(=O)N(CCNC(=O)Cc1cccs1)CCC1=CCCCC1. The Morgan fingerprint density at radius 3 is 2.83 bits per heavy atom. The van der Waals surface area contributed by atoms with Crippen molar-refractivity contribution in [1.29, 1.82) is 0 Å². The normalized spacial score (nSPS) is 14.2. The Morgan fingerprint density at radius 2 is 2.17 bits per heavy atom. The van der Waals surface area contributed by atoms with Gasteiger partial charge >= 0.3 is 0 Å². The highest BCUT2D eigenvalue weighted by molar-refractivity contribution is 7.10. The predicted molar refractivity (Wildman–Crippen MR) is 94.5 cm³/mol. The average molecular weight is 334 g/mol. The first-order valence-electron chi connectivity index (χ1n) is 8.37. The first kappa shape index (κ1) is 17.7. The third-order valence-corrected chi connectivity index (χ3v) is 5.03. The second kappa shape index (κ2) is 9.50. The molecule has 4 nitrogen and oxygen atoms in total. The molecule has 0 fully saturated rings. The highest BCUT2D eigenvalue weighted by Crippen LogP contribution is 2.20. The van der Waals surface area contributed by atoms with Gasteiger partial charge in [0, 0.05) is 31.4 Å². The fraction of sp³-hybridized carbons (Fsp3) is 0.556. The monoisotopic (exact) mass is 334 g/mol. The minimum absolute atomic E-state index is 0.0194. The molecule has 0 atom stereocenters. The average Bonchev–Trinajstić information content (AvgIpc) is 3.04. The summed E-state index contributed by atoms with van der Waals surface area (Å²) in [6.45, 7) is 3.45. The summed E-state index contributed by atoms with van der Waals surface area (Å²) >= 11 is 1.59. The molecular weight excluding hydrogens is 308 g/mol. The summed E-state index contributed by atoms with van der Waals surface area (Å²) in [5.74, 6) is 0.0971. The van der Waals surface area contributed by atoms with E-state index in [1.165, 1.54) is 31.3 Å². The molecule has 2 rings (SSSR count). The third-order valence-electron chi connectivity index (χ3n) is 4.15. The van der Waals surface area contributed by atoms with Crippen LogP contribution in [-0.2, 0) is 16.0 Å². The molecule has 0 saturated carbocycles. The molecule has 0 bridgehead atoms. The molecule has 23 heavy (non-hydrogen) atoms. The highest BCUT2D eigenvalue weighted by Gasteiger charge is 2.11. The predicted octanol–water partition coefficient (Wildman–Crippen LogP) is 3.15. The van der Waals surface area contributed by atoms with Crippen molar-refractivity contribution >= 4 is 23.2 Å². The zero-order valence-electron chi connectivity index (χ0n) is 13.8. The van der Waals surface area contributed by atoms with Crippen LogP contribution in [-0.4, -0.2) is 36.3 Å². The number of carbonyl (C=O) groups is 2.